The van der Waals surface area contributed by atoms with Gasteiger partial charge in [0.1, 0.15) is 12.0 Å². The fraction of sp³-hybridized carbons (Fsp3) is 0.360. The van der Waals surface area contributed by atoms with Crippen LogP contribution in [-0.4, -0.2) is 33.5 Å². The van der Waals surface area contributed by atoms with Crippen LogP contribution in [0.25, 0.3) is 0 Å². The van der Waals surface area contributed by atoms with Crippen LogP contribution in [0.15, 0.2) is 66.6 Å². The molecule has 0 saturated carbocycles. The van der Waals surface area contributed by atoms with E-state index < -0.39 is 0 Å². The summed E-state index contributed by atoms with van der Waals surface area (Å²) < 4.78 is 16.3. The molecule has 0 bridgehead atoms. The summed E-state index contributed by atoms with van der Waals surface area (Å²) in [6.45, 7) is 9.54. The van der Waals surface area contributed by atoms with Gasteiger partial charge in [0.05, 0.1) is 20.6 Å². The summed E-state index contributed by atoms with van der Waals surface area (Å²) >= 11 is 0. The number of esters is 1. The Bertz CT molecular complexity index is 859. The summed E-state index contributed by atoms with van der Waals surface area (Å²) in [5, 5.41) is 0. The molecule has 0 unspecified atom stereocenters. The number of ether oxygens (including phenoxy) is 3. The summed E-state index contributed by atoms with van der Waals surface area (Å²) in [5.74, 6) is 1.10. The standard InChI is InChI=1S/C25H33NO5/c1-8-9-10-11-21(29-6)16-20(14-15-27)26(5)19-12-13-22(30-7)23(17-19)31-24(28)18-25(2,3)4/h8-15,17H,1,16,18H2,2-7H3/b10-9-,20-14+,21-11+. The average Bonchev–Trinajstić information content (AvgIpc) is 2.70. The average molecular weight is 428 g/mol. The minimum absolute atomic E-state index is 0.193. The van der Waals surface area contributed by atoms with Crippen LogP contribution < -0.4 is 14.4 Å². The number of carbonyl (C=O) groups is 2. The molecule has 0 saturated heterocycles. The molecule has 1 rings (SSSR count). The molecule has 0 fully saturated rings. The van der Waals surface area contributed by atoms with Gasteiger partial charge in [-0.05, 0) is 29.7 Å². The maximum atomic E-state index is 12.3. The molecule has 31 heavy (non-hydrogen) atoms. The number of allylic oxidation sites excluding steroid dienone is 5. The second-order valence-corrected chi connectivity index (χ2v) is 8.03. The van der Waals surface area contributed by atoms with E-state index in [1.165, 1.54) is 13.2 Å². The van der Waals surface area contributed by atoms with Crippen molar-refractivity contribution in [1.29, 1.82) is 0 Å². The largest absolute Gasteiger partial charge is 0.501 e. The Morgan fingerprint density at radius 1 is 1.13 bits per heavy atom. The number of hydrogen-bond acceptors (Lipinski definition) is 6. The van der Waals surface area contributed by atoms with E-state index in [0.29, 0.717) is 29.4 Å². The SMILES string of the molecule is C=C/C=C\C=C(/C/C(=C\C=O)N(C)c1ccc(OC)c(OC(=O)CC(C)(C)C)c1)OC. The lowest BCUT2D eigenvalue weighted by Gasteiger charge is -2.24. The van der Waals surface area contributed by atoms with Crippen molar-refractivity contribution < 1.29 is 23.8 Å². The Balaban J connectivity index is 3.19. The van der Waals surface area contributed by atoms with Crippen LogP contribution >= 0.6 is 0 Å². The van der Waals surface area contributed by atoms with Gasteiger partial charge < -0.3 is 19.1 Å². The molecule has 0 aliphatic carbocycles. The highest BCUT2D eigenvalue weighted by molar-refractivity contribution is 5.75. The molecule has 1 aromatic carbocycles. The van der Waals surface area contributed by atoms with Crippen molar-refractivity contribution in [2.45, 2.75) is 33.6 Å². The van der Waals surface area contributed by atoms with Gasteiger partial charge in [0.15, 0.2) is 11.5 Å². The van der Waals surface area contributed by atoms with Gasteiger partial charge in [-0.25, -0.2) is 0 Å². The van der Waals surface area contributed by atoms with E-state index in [1.54, 1.807) is 31.4 Å². The van der Waals surface area contributed by atoms with Crippen LogP contribution in [0.3, 0.4) is 0 Å². The smallest absolute Gasteiger partial charge is 0.311 e. The van der Waals surface area contributed by atoms with E-state index in [-0.39, 0.29) is 17.8 Å². The first-order chi connectivity index (χ1) is 14.6. The molecular weight excluding hydrogens is 394 g/mol. The third-order valence-corrected chi connectivity index (χ3v) is 4.27. The molecule has 1 aromatic rings. The normalized spacial score (nSPS) is 12.5. The molecule has 0 aliphatic heterocycles. The van der Waals surface area contributed by atoms with E-state index in [2.05, 4.69) is 6.58 Å². The molecule has 6 nitrogen and oxygen atoms in total. The Morgan fingerprint density at radius 2 is 1.84 bits per heavy atom. The fourth-order valence-corrected chi connectivity index (χ4v) is 2.70. The van der Waals surface area contributed by atoms with Crippen molar-refractivity contribution in [3.63, 3.8) is 0 Å². The molecule has 0 atom stereocenters. The van der Waals surface area contributed by atoms with E-state index in [9.17, 15) is 9.59 Å². The fourth-order valence-electron chi connectivity index (χ4n) is 2.70. The van der Waals surface area contributed by atoms with Gasteiger partial charge in [-0.3, -0.25) is 9.59 Å². The molecule has 0 amide bonds. The zero-order valence-corrected chi connectivity index (χ0v) is 19.3. The third-order valence-electron chi connectivity index (χ3n) is 4.27. The van der Waals surface area contributed by atoms with Crippen molar-refractivity contribution in [2.24, 2.45) is 5.41 Å². The predicted molar refractivity (Wildman–Crippen MR) is 124 cm³/mol. The number of nitrogens with zero attached hydrogens (tertiary/aromatic N) is 1. The van der Waals surface area contributed by atoms with Crippen LogP contribution in [0.5, 0.6) is 11.5 Å². The molecule has 0 aromatic heterocycles. The summed E-state index contributed by atoms with van der Waals surface area (Å²) in [5.41, 5.74) is 1.23. The van der Waals surface area contributed by atoms with Crippen LogP contribution in [-0.2, 0) is 14.3 Å². The van der Waals surface area contributed by atoms with Gasteiger partial charge in [-0.1, -0.05) is 45.6 Å². The lowest BCUT2D eigenvalue weighted by atomic mass is 9.92. The first-order valence-corrected chi connectivity index (χ1v) is 9.94. The van der Waals surface area contributed by atoms with Crippen LogP contribution in [0, 0.1) is 5.41 Å². The zero-order valence-electron chi connectivity index (χ0n) is 19.3. The Hall–Kier alpha value is -3.28. The minimum atomic E-state index is -0.340. The van der Waals surface area contributed by atoms with Gasteiger partial charge in [0.2, 0.25) is 0 Å². The third kappa shape index (κ3) is 8.95. The summed E-state index contributed by atoms with van der Waals surface area (Å²) in [6.07, 6.45) is 9.93. The Labute approximate surface area is 185 Å². The highest BCUT2D eigenvalue weighted by Gasteiger charge is 2.20. The molecular formula is C25H33NO5. The number of hydrogen-bond donors (Lipinski definition) is 0. The zero-order chi connectivity index (χ0) is 23.4. The lowest BCUT2D eigenvalue weighted by molar-refractivity contribution is -0.136. The maximum absolute atomic E-state index is 12.3. The van der Waals surface area contributed by atoms with Gasteiger partial charge >= 0.3 is 5.97 Å². The van der Waals surface area contributed by atoms with E-state index >= 15 is 0 Å². The van der Waals surface area contributed by atoms with Crippen molar-refractivity contribution in [3.8, 4) is 11.5 Å². The second-order valence-electron chi connectivity index (χ2n) is 8.03. The highest BCUT2D eigenvalue weighted by Crippen LogP contribution is 2.34. The van der Waals surface area contributed by atoms with Gasteiger partial charge in [0.25, 0.3) is 0 Å². The van der Waals surface area contributed by atoms with Gasteiger partial charge in [-0.2, -0.15) is 0 Å². The summed E-state index contributed by atoms with van der Waals surface area (Å²) in [6, 6.07) is 5.27. The van der Waals surface area contributed by atoms with Crippen molar-refractivity contribution >= 4 is 17.9 Å². The first-order valence-electron chi connectivity index (χ1n) is 9.94. The van der Waals surface area contributed by atoms with Crippen molar-refractivity contribution in [1.82, 2.24) is 0 Å². The molecule has 6 heteroatoms. The lowest BCUT2D eigenvalue weighted by Crippen LogP contribution is -2.19. The Morgan fingerprint density at radius 3 is 2.39 bits per heavy atom. The van der Waals surface area contributed by atoms with Gasteiger partial charge in [0, 0.05) is 30.9 Å². The van der Waals surface area contributed by atoms with Crippen LogP contribution in [0.4, 0.5) is 5.69 Å². The number of benzene rings is 1. The van der Waals surface area contributed by atoms with Gasteiger partial charge in [-0.15, -0.1) is 0 Å². The minimum Gasteiger partial charge on any atom is -0.501 e. The molecule has 0 aliphatic rings. The van der Waals surface area contributed by atoms with E-state index in [4.69, 9.17) is 14.2 Å². The molecule has 0 spiro atoms. The number of aldehydes is 1. The number of methoxy groups -OCH3 is 2. The van der Waals surface area contributed by atoms with Crippen LogP contribution in [0.2, 0.25) is 0 Å². The van der Waals surface area contributed by atoms with E-state index in [1.807, 2.05) is 50.9 Å². The topological polar surface area (TPSA) is 65.1 Å². The molecule has 0 radical (unpaired) electrons. The first kappa shape index (κ1) is 25.8. The molecule has 0 N–H and O–H groups in total. The number of rotatable bonds is 11. The monoisotopic (exact) mass is 427 g/mol. The molecule has 168 valence electrons. The van der Waals surface area contributed by atoms with Crippen molar-refractivity contribution in [2.75, 3.05) is 26.2 Å². The predicted octanol–water partition coefficient (Wildman–Crippen LogP) is 5.22. The maximum Gasteiger partial charge on any atom is 0.311 e. The van der Waals surface area contributed by atoms with E-state index in [0.717, 1.165) is 12.0 Å². The summed E-state index contributed by atoms with van der Waals surface area (Å²) in [4.78, 5) is 25.4. The number of anilines is 1. The Kier molecular flexibility index (Phi) is 10.3. The quantitative estimate of drug-likeness (QED) is 0.120. The number of carbonyl (C=O) groups excluding carboxylic acids is 2. The highest BCUT2D eigenvalue weighted by atomic mass is 16.6. The summed E-state index contributed by atoms with van der Waals surface area (Å²) in [7, 11) is 4.92. The van der Waals surface area contributed by atoms with Crippen molar-refractivity contribution in [3.05, 3.63) is 66.6 Å². The van der Waals surface area contributed by atoms with Crippen LogP contribution in [0.1, 0.15) is 33.6 Å². The second kappa shape index (κ2) is 12.4. The molecule has 0 heterocycles.